The first-order valence-corrected chi connectivity index (χ1v) is 7.81. The van der Waals surface area contributed by atoms with Gasteiger partial charge in [0.25, 0.3) is 5.91 Å². The molecule has 2 heterocycles. The van der Waals surface area contributed by atoms with Gasteiger partial charge in [0.1, 0.15) is 0 Å². The van der Waals surface area contributed by atoms with Crippen molar-refractivity contribution in [3.8, 4) is 11.5 Å². The normalized spacial score (nSPS) is 14.9. The van der Waals surface area contributed by atoms with E-state index < -0.39 is 0 Å². The summed E-state index contributed by atoms with van der Waals surface area (Å²) in [5.41, 5.74) is 1.69. The van der Waals surface area contributed by atoms with E-state index in [1.165, 1.54) is 17.7 Å². The van der Waals surface area contributed by atoms with Crippen molar-refractivity contribution < 1.29 is 14.3 Å². The predicted octanol–water partition coefficient (Wildman–Crippen LogP) is 3.42. The number of carbonyl (C=O) groups is 1. The van der Waals surface area contributed by atoms with E-state index in [9.17, 15) is 4.79 Å². The summed E-state index contributed by atoms with van der Waals surface area (Å²) in [5.74, 6) is 1.12. The van der Waals surface area contributed by atoms with Gasteiger partial charge < -0.3 is 9.47 Å². The second-order valence-electron chi connectivity index (χ2n) is 5.12. The number of amides is 1. The van der Waals surface area contributed by atoms with Crippen molar-refractivity contribution in [2.75, 3.05) is 12.1 Å². The third-order valence-corrected chi connectivity index (χ3v) is 4.77. The minimum absolute atomic E-state index is 0. The molecule has 22 heavy (non-hydrogen) atoms. The summed E-state index contributed by atoms with van der Waals surface area (Å²) in [4.78, 5) is 18.1. The molecule has 0 bridgehead atoms. The summed E-state index contributed by atoms with van der Waals surface area (Å²) in [7, 11) is 0. The molecule has 0 fully saturated rings. The summed E-state index contributed by atoms with van der Waals surface area (Å²) in [6, 6.07) is 5.19. The number of aryl methyl sites for hydroxylation is 2. The van der Waals surface area contributed by atoms with Crippen LogP contribution in [-0.4, -0.2) is 17.7 Å². The van der Waals surface area contributed by atoms with Crippen molar-refractivity contribution in [3.05, 3.63) is 34.3 Å². The van der Waals surface area contributed by atoms with E-state index in [-0.39, 0.29) is 25.1 Å². The summed E-state index contributed by atoms with van der Waals surface area (Å²) < 4.78 is 10.5. The number of hydrogen-bond donors (Lipinski definition) is 1. The van der Waals surface area contributed by atoms with Crippen LogP contribution in [0.25, 0.3) is 0 Å². The Morgan fingerprint density at radius 2 is 2.00 bits per heavy atom. The van der Waals surface area contributed by atoms with Gasteiger partial charge >= 0.3 is 0 Å². The largest absolute Gasteiger partial charge is 0.454 e. The first-order valence-electron chi connectivity index (χ1n) is 6.99. The molecule has 2 aliphatic rings. The molecule has 1 amide bonds. The van der Waals surface area contributed by atoms with Gasteiger partial charge in [0.2, 0.25) is 6.79 Å². The van der Waals surface area contributed by atoms with Crippen LogP contribution in [-0.2, 0) is 12.8 Å². The number of rotatable bonds is 2. The van der Waals surface area contributed by atoms with Crippen LogP contribution in [0.1, 0.15) is 33.8 Å². The Morgan fingerprint density at radius 3 is 2.86 bits per heavy atom. The lowest BCUT2D eigenvalue weighted by molar-refractivity contribution is 0.102. The number of nitrogens with zero attached hydrogens (tertiary/aromatic N) is 1. The van der Waals surface area contributed by atoms with Crippen LogP contribution in [0.5, 0.6) is 11.5 Å². The molecule has 0 atom stereocenters. The second kappa shape index (κ2) is 6.14. The van der Waals surface area contributed by atoms with Crippen LogP contribution in [0.4, 0.5) is 5.13 Å². The van der Waals surface area contributed by atoms with Crippen molar-refractivity contribution in [1.29, 1.82) is 0 Å². The maximum absolute atomic E-state index is 12.3. The molecule has 1 aliphatic heterocycles. The molecule has 1 aromatic heterocycles. The molecule has 0 spiro atoms. The number of ether oxygens (including phenoxy) is 2. The number of carbonyl (C=O) groups excluding carboxylic acids is 1. The Bertz CT molecular complexity index is 693. The molecule has 1 aromatic carbocycles. The molecule has 4 rings (SSSR count). The number of anilines is 1. The fourth-order valence-corrected chi connectivity index (χ4v) is 3.66. The molecular weight excluding hydrogens is 324 g/mol. The first-order chi connectivity index (χ1) is 10.3. The summed E-state index contributed by atoms with van der Waals surface area (Å²) in [6.07, 6.45) is 4.50. The van der Waals surface area contributed by atoms with E-state index in [0.717, 1.165) is 18.5 Å². The lowest BCUT2D eigenvalue weighted by Gasteiger charge is -2.06. The summed E-state index contributed by atoms with van der Waals surface area (Å²) >= 11 is 1.58. The highest BCUT2D eigenvalue weighted by Crippen LogP contribution is 2.33. The fraction of sp³-hybridized carbons (Fsp3) is 0.333. The number of halogens is 1. The van der Waals surface area contributed by atoms with Crippen LogP contribution in [0.2, 0.25) is 0 Å². The van der Waals surface area contributed by atoms with E-state index in [2.05, 4.69) is 10.3 Å². The van der Waals surface area contributed by atoms with Crippen molar-refractivity contribution in [2.45, 2.75) is 25.7 Å². The van der Waals surface area contributed by atoms with E-state index in [4.69, 9.17) is 9.47 Å². The van der Waals surface area contributed by atoms with E-state index in [1.807, 2.05) is 0 Å². The third kappa shape index (κ3) is 2.76. The number of aromatic nitrogens is 1. The zero-order chi connectivity index (χ0) is 14.2. The predicted molar refractivity (Wildman–Crippen MR) is 86.5 cm³/mol. The van der Waals surface area contributed by atoms with Crippen LogP contribution in [0.3, 0.4) is 0 Å². The highest BCUT2D eigenvalue weighted by Gasteiger charge is 2.19. The van der Waals surface area contributed by atoms with Crippen molar-refractivity contribution in [1.82, 2.24) is 4.98 Å². The number of fused-ring (bicyclic) bond motifs is 2. The molecule has 2 aromatic rings. The average Bonchev–Trinajstić information content (AvgIpc) is 3.11. The molecule has 7 heteroatoms. The van der Waals surface area contributed by atoms with Gasteiger partial charge in [-0.15, -0.1) is 23.7 Å². The van der Waals surface area contributed by atoms with Crippen LogP contribution < -0.4 is 14.8 Å². The van der Waals surface area contributed by atoms with Crippen molar-refractivity contribution in [3.63, 3.8) is 0 Å². The monoisotopic (exact) mass is 338 g/mol. The van der Waals surface area contributed by atoms with Gasteiger partial charge in [-0.2, -0.15) is 0 Å². The Kier molecular flexibility index (Phi) is 4.22. The van der Waals surface area contributed by atoms with E-state index >= 15 is 0 Å². The highest BCUT2D eigenvalue weighted by atomic mass is 35.5. The SMILES string of the molecule is Cl.O=C(Nc1nc2c(s1)CCCC2)c1ccc2c(c1)OCO2. The summed E-state index contributed by atoms with van der Waals surface area (Å²) in [5, 5.41) is 3.56. The van der Waals surface area contributed by atoms with E-state index in [0.29, 0.717) is 22.2 Å². The standard InChI is InChI=1S/C15H14N2O3S.ClH/c18-14(9-5-6-11-12(7-9)20-8-19-11)17-15-16-10-3-1-2-4-13(10)21-15;/h5-7H,1-4,8H2,(H,16,17,18);1H. The smallest absolute Gasteiger partial charge is 0.257 e. The molecule has 1 aliphatic carbocycles. The van der Waals surface area contributed by atoms with Gasteiger partial charge in [-0.1, -0.05) is 0 Å². The Hall–Kier alpha value is -1.79. The van der Waals surface area contributed by atoms with Crippen LogP contribution in [0.15, 0.2) is 18.2 Å². The zero-order valence-corrected chi connectivity index (χ0v) is 13.4. The molecule has 0 saturated heterocycles. The molecule has 5 nitrogen and oxygen atoms in total. The lowest BCUT2D eigenvalue weighted by atomic mass is 10.0. The molecule has 0 saturated carbocycles. The molecule has 0 radical (unpaired) electrons. The van der Waals surface area contributed by atoms with Gasteiger partial charge in [0.05, 0.1) is 5.69 Å². The van der Waals surface area contributed by atoms with Crippen molar-refractivity contribution >= 4 is 34.8 Å². The number of benzene rings is 1. The number of thiazole rings is 1. The van der Waals surface area contributed by atoms with Gasteiger partial charge in [-0.3, -0.25) is 10.1 Å². The minimum atomic E-state index is -0.167. The third-order valence-electron chi connectivity index (χ3n) is 3.70. The molecule has 1 N–H and O–H groups in total. The topological polar surface area (TPSA) is 60.5 Å². The Morgan fingerprint density at radius 1 is 1.18 bits per heavy atom. The maximum Gasteiger partial charge on any atom is 0.257 e. The highest BCUT2D eigenvalue weighted by molar-refractivity contribution is 7.15. The zero-order valence-electron chi connectivity index (χ0n) is 11.8. The lowest BCUT2D eigenvalue weighted by Crippen LogP contribution is -2.11. The Labute approximate surface area is 138 Å². The van der Waals surface area contributed by atoms with Gasteiger partial charge in [-0.25, -0.2) is 4.98 Å². The van der Waals surface area contributed by atoms with E-state index in [1.54, 1.807) is 29.5 Å². The first kappa shape index (κ1) is 15.1. The van der Waals surface area contributed by atoms with Crippen LogP contribution in [0, 0.1) is 0 Å². The minimum Gasteiger partial charge on any atom is -0.454 e. The maximum atomic E-state index is 12.3. The fourth-order valence-electron chi connectivity index (χ4n) is 2.61. The second-order valence-corrected chi connectivity index (χ2v) is 6.20. The Balaban J connectivity index is 0.00000144. The quantitative estimate of drug-likeness (QED) is 0.911. The summed E-state index contributed by atoms with van der Waals surface area (Å²) in [6.45, 7) is 0.208. The van der Waals surface area contributed by atoms with Gasteiger partial charge in [0, 0.05) is 10.4 Å². The molecule has 116 valence electrons. The molecular formula is C15H15ClN2O3S. The van der Waals surface area contributed by atoms with Crippen LogP contribution >= 0.6 is 23.7 Å². The average molecular weight is 339 g/mol. The van der Waals surface area contributed by atoms with Gasteiger partial charge in [0.15, 0.2) is 16.6 Å². The van der Waals surface area contributed by atoms with Gasteiger partial charge in [-0.05, 0) is 43.9 Å². The number of nitrogens with one attached hydrogen (secondary N) is 1. The molecule has 0 unspecified atom stereocenters. The number of hydrogen-bond acceptors (Lipinski definition) is 5. The van der Waals surface area contributed by atoms with Crippen molar-refractivity contribution in [2.24, 2.45) is 0 Å².